The molecule has 8 heteroatoms. The van der Waals surface area contributed by atoms with E-state index in [0.717, 1.165) is 48.6 Å². The Labute approximate surface area is 157 Å². The first-order valence-electron chi connectivity index (χ1n) is 9.40. The number of nitrogens with zero attached hydrogens (tertiary/aromatic N) is 6. The third-order valence-corrected chi connectivity index (χ3v) is 5.75. The van der Waals surface area contributed by atoms with Gasteiger partial charge in [-0.3, -0.25) is 9.48 Å². The lowest BCUT2D eigenvalue weighted by atomic mass is 10.1. The van der Waals surface area contributed by atoms with Crippen molar-refractivity contribution in [1.82, 2.24) is 29.6 Å². The maximum absolute atomic E-state index is 12.9. The standard InChI is InChI=1S/C19H23N7O/c1-24-10-14(9-23-24)8-16(27)25-6-7-26(12-19(11-25)3-4-19)18-15-2-5-20-17(15)21-13-22-18/h2,5,9-10,13H,3-4,6-8,11-12H2,1H3,(H,20,21,22). The molecule has 1 N–H and O–H groups in total. The van der Waals surface area contributed by atoms with E-state index in [9.17, 15) is 4.79 Å². The smallest absolute Gasteiger partial charge is 0.227 e. The molecular weight excluding hydrogens is 342 g/mol. The summed E-state index contributed by atoms with van der Waals surface area (Å²) in [6, 6.07) is 2.03. The van der Waals surface area contributed by atoms with Crippen LogP contribution in [0.1, 0.15) is 18.4 Å². The zero-order valence-corrected chi connectivity index (χ0v) is 15.4. The first-order chi connectivity index (χ1) is 13.1. The molecule has 1 aliphatic heterocycles. The number of rotatable bonds is 3. The number of amides is 1. The molecule has 27 heavy (non-hydrogen) atoms. The average Bonchev–Trinajstić information content (AvgIpc) is 3.09. The van der Waals surface area contributed by atoms with E-state index in [0.29, 0.717) is 6.42 Å². The number of anilines is 1. The number of H-pyrrole nitrogens is 1. The maximum Gasteiger partial charge on any atom is 0.227 e. The van der Waals surface area contributed by atoms with Crippen LogP contribution in [0.2, 0.25) is 0 Å². The Bertz CT molecular complexity index is 987. The molecule has 5 rings (SSSR count). The molecule has 0 bridgehead atoms. The number of fused-ring (bicyclic) bond motifs is 1. The Balaban J connectivity index is 1.37. The van der Waals surface area contributed by atoms with Gasteiger partial charge in [-0.1, -0.05) is 0 Å². The van der Waals surface area contributed by atoms with Crippen LogP contribution in [0.4, 0.5) is 5.82 Å². The Morgan fingerprint density at radius 3 is 2.93 bits per heavy atom. The monoisotopic (exact) mass is 365 g/mol. The van der Waals surface area contributed by atoms with E-state index in [1.165, 1.54) is 12.8 Å². The van der Waals surface area contributed by atoms with E-state index in [2.05, 4.69) is 25.0 Å². The van der Waals surface area contributed by atoms with Crippen LogP contribution < -0.4 is 4.90 Å². The first-order valence-corrected chi connectivity index (χ1v) is 9.40. The highest BCUT2D eigenvalue weighted by molar-refractivity contribution is 5.87. The fourth-order valence-corrected chi connectivity index (χ4v) is 4.11. The van der Waals surface area contributed by atoms with Gasteiger partial charge in [-0.05, 0) is 24.5 Å². The van der Waals surface area contributed by atoms with E-state index in [1.807, 2.05) is 30.4 Å². The molecule has 0 radical (unpaired) electrons. The van der Waals surface area contributed by atoms with Gasteiger partial charge < -0.3 is 14.8 Å². The minimum atomic E-state index is 0.186. The van der Waals surface area contributed by atoms with Crippen molar-refractivity contribution in [3.8, 4) is 0 Å². The largest absolute Gasteiger partial charge is 0.354 e. The van der Waals surface area contributed by atoms with Gasteiger partial charge in [0.1, 0.15) is 17.8 Å². The number of hydrogen-bond acceptors (Lipinski definition) is 5. The van der Waals surface area contributed by atoms with Crippen LogP contribution in [0.25, 0.3) is 11.0 Å². The quantitative estimate of drug-likeness (QED) is 0.758. The second kappa shape index (κ2) is 6.07. The second-order valence-corrected chi connectivity index (χ2v) is 7.87. The van der Waals surface area contributed by atoms with Crippen LogP contribution in [0, 0.1) is 5.41 Å². The normalized spacial score (nSPS) is 18.9. The minimum Gasteiger partial charge on any atom is -0.354 e. The molecule has 3 aromatic heterocycles. The van der Waals surface area contributed by atoms with Crippen molar-refractivity contribution in [3.63, 3.8) is 0 Å². The fourth-order valence-electron chi connectivity index (χ4n) is 4.11. The number of aromatic nitrogens is 5. The van der Waals surface area contributed by atoms with Gasteiger partial charge in [-0.2, -0.15) is 5.10 Å². The van der Waals surface area contributed by atoms with Gasteiger partial charge in [0.15, 0.2) is 0 Å². The van der Waals surface area contributed by atoms with Crippen molar-refractivity contribution < 1.29 is 4.79 Å². The van der Waals surface area contributed by atoms with E-state index in [1.54, 1.807) is 17.2 Å². The van der Waals surface area contributed by atoms with Crippen molar-refractivity contribution >= 4 is 22.8 Å². The number of carbonyl (C=O) groups is 1. The molecule has 4 heterocycles. The summed E-state index contributed by atoms with van der Waals surface area (Å²) in [5, 5.41) is 5.22. The van der Waals surface area contributed by atoms with Crippen LogP contribution in [0.3, 0.4) is 0 Å². The van der Waals surface area contributed by atoms with E-state index in [4.69, 9.17) is 0 Å². The van der Waals surface area contributed by atoms with Crippen LogP contribution in [-0.2, 0) is 18.3 Å². The average molecular weight is 365 g/mol. The summed E-state index contributed by atoms with van der Waals surface area (Å²) in [7, 11) is 1.88. The Morgan fingerprint density at radius 1 is 1.26 bits per heavy atom. The SMILES string of the molecule is Cn1cc(CC(=O)N2CCN(c3ncnc4[nH]ccc34)CC3(CC3)C2)cn1. The zero-order chi connectivity index (χ0) is 18.4. The summed E-state index contributed by atoms with van der Waals surface area (Å²) >= 11 is 0. The van der Waals surface area contributed by atoms with Gasteiger partial charge in [0.25, 0.3) is 0 Å². The van der Waals surface area contributed by atoms with E-state index in [-0.39, 0.29) is 11.3 Å². The summed E-state index contributed by atoms with van der Waals surface area (Å²) in [5.41, 5.74) is 2.03. The van der Waals surface area contributed by atoms with Gasteiger partial charge in [-0.15, -0.1) is 0 Å². The summed E-state index contributed by atoms with van der Waals surface area (Å²) < 4.78 is 1.74. The lowest BCUT2D eigenvalue weighted by molar-refractivity contribution is -0.130. The molecule has 2 aliphatic rings. The highest BCUT2D eigenvalue weighted by atomic mass is 16.2. The predicted octanol–water partition coefficient (Wildman–Crippen LogP) is 1.36. The predicted molar refractivity (Wildman–Crippen MR) is 101 cm³/mol. The van der Waals surface area contributed by atoms with Crippen molar-refractivity contribution in [2.45, 2.75) is 19.3 Å². The molecule has 0 unspecified atom stereocenters. The highest BCUT2D eigenvalue weighted by Crippen LogP contribution is 2.48. The molecule has 1 saturated heterocycles. The summed E-state index contributed by atoms with van der Waals surface area (Å²) in [4.78, 5) is 29.3. The van der Waals surface area contributed by atoms with Gasteiger partial charge in [0, 0.05) is 51.0 Å². The molecular formula is C19H23N7O. The molecule has 0 atom stereocenters. The van der Waals surface area contributed by atoms with E-state index >= 15 is 0 Å². The summed E-state index contributed by atoms with van der Waals surface area (Å²) in [6.45, 7) is 3.29. The van der Waals surface area contributed by atoms with Gasteiger partial charge >= 0.3 is 0 Å². The number of aromatic amines is 1. The molecule has 1 amide bonds. The Kier molecular flexibility index (Phi) is 3.66. The molecule has 140 valence electrons. The molecule has 1 saturated carbocycles. The maximum atomic E-state index is 12.9. The highest BCUT2D eigenvalue weighted by Gasteiger charge is 2.47. The first kappa shape index (κ1) is 16.3. The van der Waals surface area contributed by atoms with Crippen molar-refractivity contribution in [2.75, 3.05) is 31.1 Å². The summed E-state index contributed by atoms with van der Waals surface area (Å²) in [5.74, 6) is 1.15. The molecule has 1 spiro atoms. The number of aryl methyl sites for hydroxylation is 1. The molecule has 1 aliphatic carbocycles. The molecule has 3 aromatic rings. The van der Waals surface area contributed by atoms with Gasteiger partial charge in [0.05, 0.1) is 18.0 Å². The van der Waals surface area contributed by atoms with E-state index < -0.39 is 0 Å². The third kappa shape index (κ3) is 3.05. The fraction of sp³-hybridized carbons (Fsp3) is 0.474. The topological polar surface area (TPSA) is 82.9 Å². The number of nitrogens with one attached hydrogen (secondary N) is 1. The Hall–Kier alpha value is -2.90. The van der Waals surface area contributed by atoms with Crippen molar-refractivity contribution in [3.05, 3.63) is 36.5 Å². The molecule has 8 nitrogen and oxygen atoms in total. The number of carbonyl (C=O) groups excluding carboxylic acids is 1. The van der Waals surface area contributed by atoms with Gasteiger partial charge in [0.2, 0.25) is 5.91 Å². The van der Waals surface area contributed by atoms with Crippen LogP contribution in [0.5, 0.6) is 0 Å². The second-order valence-electron chi connectivity index (χ2n) is 7.87. The van der Waals surface area contributed by atoms with Crippen molar-refractivity contribution in [2.24, 2.45) is 12.5 Å². The summed E-state index contributed by atoms with van der Waals surface area (Å²) in [6.07, 6.45) is 9.96. The van der Waals surface area contributed by atoms with Crippen LogP contribution in [0.15, 0.2) is 31.0 Å². The third-order valence-electron chi connectivity index (χ3n) is 5.75. The van der Waals surface area contributed by atoms with Gasteiger partial charge in [-0.25, -0.2) is 9.97 Å². The lowest BCUT2D eigenvalue weighted by Crippen LogP contribution is -2.37. The Morgan fingerprint density at radius 2 is 2.15 bits per heavy atom. The zero-order valence-electron chi connectivity index (χ0n) is 15.4. The molecule has 2 fully saturated rings. The molecule has 0 aromatic carbocycles. The van der Waals surface area contributed by atoms with Crippen molar-refractivity contribution in [1.29, 1.82) is 0 Å². The van der Waals surface area contributed by atoms with Crippen LogP contribution in [-0.4, -0.2) is 61.7 Å². The van der Waals surface area contributed by atoms with Crippen LogP contribution >= 0.6 is 0 Å². The lowest BCUT2D eigenvalue weighted by Gasteiger charge is -2.25. The minimum absolute atomic E-state index is 0.186. The number of hydrogen-bond donors (Lipinski definition) is 1.